The number of aromatic nitrogens is 2. The van der Waals surface area contributed by atoms with Crippen LogP contribution in [0.15, 0.2) is 66.0 Å². The number of hydrogen-bond donors (Lipinski definition) is 1. The zero-order chi connectivity index (χ0) is 24.6. The highest BCUT2D eigenvalue weighted by Gasteiger charge is 2.21. The zero-order valence-electron chi connectivity index (χ0n) is 19.6. The Labute approximate surface area is 208 Å². The molecule has 35 heavy (non-hydrogen) atoms. The van der Waals surface area contributed by atoms with E-state index in [1.165, 1.54) is 18.9 Å². The van der Waals surface area contributed by atoms with Gasteiger partial charge in [0.25, 0.3) is 0 Å². The van der Waals surface area contributed by atoms with Gasteiger partial charge in [-0.1, -0.05) is 23.9 Å². The second-order valence-electron chi connectivity index (χ2n) is 7.75. The minimum atomic E-state index is -0.420. The molecular weight excluding hydrogens is 466 g/mol. The van der Waals surface area contributed by atoms with Crippen LogP contribution in [-0.4, -0.2) is 68.0 Å². The maximum atomic E-state index is 12.4. The average Bonchev–Trinajstić information content (AvgIpc) is 2.92. The number of rotatable bonds is 8. The van der Waals surface area contributed by atoms with Crippen LogP contribution in [0.25, 0.3) is 0 Å². The van der Waals surface area contributed by atoms with Gasteiger partial charge in [-0.3, -0.25) is 4.79 Å². The number of piperazine rings is 1. The lowest BCUT2D eigenvalue weighted by atomic mass is 10.2. The molecule has 1 aliphatic rings. The van der Waals surface area contributed by atoms with Crippen molar-refractivity contribution in [1.29, 1.82) is 0 Å². The number of benzene rings is 2. The van der Waals surface area contributed by atoms with Crippen LogP contribution in [0.1, 0.15) is 10.4 Å². The van der Waals surface area contributed by atoms with E-state index >= 15 is 0 Å². The largest absolute Gasteiger partial charge is 0.495 e. The number of carbonyl (C=O) groups is 2. The Bertz CT molecular complexity index is 1170. The topological polar surface area (TPSA) is 96.9 Å². The molecule has 2 aromatic carbocycles. The van der Waals surface area contributed by atoms with Gasteiger partial charge in [0.2, 0.25) is 5.91 Å². The van der Waals surface area contributed by atoms with Crippen LogP contribution in [-0.2, 0) is 9.53 Å². The molecule has 0 unspecified atom stereocenters. The van der Waals surface area contributed by atoms with E-state index in [9.17, 15) is 9.59 Å². The third kappa shape index (κ3) is 6.21. The third-order valence-electron chi connectivity index (χ3n) is 5.57. The van der Waals surface area contributed by atoms with E-state index in [2.05, 4.69) is 35.9 Å². The number of nitrogens with one attached hydrogen (secondary N) is 1. The Kier molecular flexibility index (Phi) is 8.04. The second kappa shape index (κ2) is 11.6. The molecule has 10 heteroatoms. The first-order valence-corrected chi connectivity index (χ1v) is 12.1. The van der Waals surface area contributed by atoms with Gasteiger partial charge in [-0.2, -0.15) is 0 Å². The van der Waals surface area contributed by atoms with Crippen LogP contribution in [0, 0.1) is 0 Å². The maximum Gasteiger partial charge on any atom is 0.337 e. The van der Waals surface area contributed by atoms with Crippen molar-refractivity contribution < 1.29 is 19.1 Å². The first-order valence-electron chi connectivity index (χ1n) is 11.1. The maximum absolute atomic E-state index is 12.4. The molecule has 0 bridgehead atoms. The third-order valence-corrected chi connectivity index (χ3v) is 6.43. The molecule has 1 aromatic heterocycles. The summed E-state index contributed by atoms with van der Waals surface area (Å²) in [5, 5.41) is 3.36. The Balaban J connectivity index is 1.29. The first kappa shape index (κ1) is 24.3. The zero-order valence-corrected chi connectivity index (χ0v) is 20.5. The second-order valence-corrected chi connectivity index (χ2v) is 8.69. The Morgan fingerprint density at radius 3 is 2.40 bits per heavy atom. The Morgan fingerprint density at radius 1 is 0.971 bits per heavy atom. The smallest absolute Gasteiger partial charge is 0.337 e. The fourth-order valence-electron chi connectivity index (χ4n) is 3.78. The predicted molar refractivity (Wildman–Crippen MR) is 137 cm³/mol. The van der Waals surface area contributed by atoms with Crippen molar-refractivity contribution in [3.8, 4) is 5.75 Å². The van der Waals surface area contributed by atoms with E-state index in [-0.39, 0.29) is 11.7 Å². The van der Waals surface area contributed by atoms with Gasteiger partial charge in [0, 0.05) is 38.1 Å². The van der Waals surface area contributed by atoms with Crippen molar-refractivity contribution >= 4 is 40.8 Å². The van der Waals surface area contributed by atoms with Gasteiger partial charge < -0.3 is 24.6 Å². The molecule has 0 radical (unpaired) electrons. The number of methoxy groups -OCH3 is 2. The van der Waals surface area contributed by atoms with Crippen LogP contribution in [0.5, 0.6) is 5.75 Å². The van der Waals surface area contributed by atoms with Crippen molar-refractivity contribution in [3.05, 3.63) is 66.4 Å². The molecule has 1 N–H and O–H groups in total. The molecule has 182 valence electrons. The van der Waals surface area contributed by atoms with E-state index in [1.54, 1.807) is 37.6 Å². The summed E-state index contributed by atoms with van der Waals surface area (Å²) in [7, 11) is 3.02. The van der Waals surface area contributed by atoms with Crippen LogP contribution < -0.4 is 19.9 Å². The highest BCUT2D eigenvalue weighted by atomic mass is 32.2. The summed E-state index contributed by atoms with van der Waals surface area (Å²) in [5.74, 6) is 1.29. The predicted octanol–water partition coefficient (Wildman–Crippen LogP) is 3.33. The average molecular weight is 494 g/mol. The Morgan fingerprint density at radius 2 is 1.69 bits per heavy atom. The molecule has 4 rings (SSSR count). The number of hydrogen-bond acceptors (Lipinski definition) is 9. The highest BCUT2D eigenvalue weighted by Crippen LogP contribution is 2.29. The van der Waals surface area contributed by atoms with E-state index in [0.717, 1.165) is 43.4 Å². The van der Waals surface area contributed by atoms with E-state index in [1.807, 2.05) is 24.3 Å². The van der Waals surface area contributed by atoms with Crippen molar-refractivity contribution in [2.24, 2.45) is 0 Å². The SMILES string of the molecule is COC(=O)c1ccc(NC(=O)CSc2nccc(N3CCN(c4ccccc4OC)CC3)n2)cc1. The van der Waals surface area contributed by atoms with Gasteiger partial charge in [-0.05, 0) is 42.5 Å². The molecule has 0 atom stereocenters. The van der Waals surface area contributed by atoms with Gasteiger partial charge in [0.05, 0.1) is 31.2 Å². The highest BCUT2D eigenvalue weighted by molar-refractivity contribution is 7.99. The van der Waals surface area contributed by atoms with Gasteiger partial charge >= 0.3 is 5.97 Å². The van der Waals surface area contributed by atoms with Gasteiger partial charge in [0.15, 0.2) is 5.16 Å². The minimum absolute atomic E-state index is 0.170. The van der Waals surface area contributed by atoms with E-state index < -0.39 is 5.97 Å². The fraction of sp³-hybridized carbons (Fsp3) is 0.280. The van der Waals surface area contributed by atoms with Gasteiger partial charge in [0.1, 0.15) is 11.6 Å². The number of carbonyl (C=O) groups excluding carboxylic acids is 2. The number of anilines is 3. The summed E-state index contributed by atoms with van der Waals surface area (Å²) >= 11 is 1.28. The molecule has 2 heterocycles. The molecule has 1 saturated heterocycles. The monoisotopic (exact) mass is 493 g/mol. The van der Waals surface area contributed by atoms with Crippen molar-refractivity contribution in [1.82, 2.24) is 9.97 Å². The molecule has 1 aliphatic heterocycles. The number of amides is 1. The van der Waals surface area contributed by atoms with Crippen LogP contribution in [0.4, 0.5) is 17.2 Å². The molecule has 0 aliphatic carbocycles. The van der Waals surface area contributed by atoms with Crippen molar-refractivity contribution in [2.45, 2.75) is 5.16 Å². The summed E-state index contributed by atoms with van der Waals surface area (Å²) in [6.45, 7) is 3.34. The molecule has 1 amide bonds. The lowest BCUT2D eigenvalue weighted by Crippen LogP contribution is -2.47. The lowest BCUT2D eigenvalue weighted by Gasteiger charge is -2.37. The normalized spacial score (nSPS) is 13.3. The summed E-state index contributed by atoms with van der Waals surface area (Å²) in [5.41, 5.74) is 2.12. The van der Waals surface area contributed by atoms with E-state index in [0.29, 0.717) is 16.4 Å². The summed E-state index contributed by atoms with van der Waals surface area (Å²) in [6, 6.07) is 16.5. The quantitative estimate of drug-likeness (QED) is 0.288. The van der Waals surface area contributed by atoms with Gasteiger partial charge in [-0.15, -0.1) is 0 Å². The molecule has 3 aromatic rings. The van der Waals surface area contributed by atoms with Gasteiger partial charge in [-0.25, -0.2) is 14.8 Å². The van der Waals surface area contributed by atoms with Crippen LogP contribution in [0.3, 0.4) is 0 Å². The standard InChI is InChI=1S/C25H27N5O4S/c1-33-21-6-4-3-5-20(21)29-13-15-30(16-14-29)22-11-12-26-25(28-22)35-17-23(31)27-19-9-7-18(8-10-19)24(32)34-2/h3-12H,13-17H2,1-2H3,(H,27,31). The molecule has 0 spiro atoms. The minimum Gasteiger partial charge on any atom is -0.495 e. The number of thioether (sulfide) groups is 1. The van der Waals surface area contributed by atoms with Crippen LogP contribution >= 0.6 is 11.8 Å². The van der Waals surface area contributed by atoms with E-state index in [4.69, 9.17) is 4.74 Å². The number of esters is 1. The molecule has 9 nitrogen and oxygen atoms in total. The molecular formula is C25H27N5O4S. The van der Waals surface area contributed by atoms with Crippen molar-refractivity contribution in [3.63, 3.8) is 0 Å². The fourth-order valence-corrected chi connectivity index (χ4v) is 4.41. The first-order chi connectivity index (χ1) is 17.1. The Hall–Kier alpha value is -3.79. The molecule has 0 saturated carbocycles. The van der Waals surface area contributed by atoms with Crippen LogP contribution in [0.2, 0.25) is 0 Å². The van der Waals surface area contributed by atoms with Crippen molar-refractivity contribution in [2.75, 3.05) is 61.3 Å². The summed E-state index contributed by atoms with van der Waals surface area (Å²) < 4.78 is 10.2. The summed E-state index contributed by atoms with van der Waals surface area (Å²) in [4.78, 5) is 37.4. The molecule has 1 fully saturated rings. The number of ether oxygens (including phenoxy) is 2. The number of nitrogens with zero attached hydrogens (tertiary/aromatic N) is 4. The lowest BCUT2D eigenvalue weighted by molar-refractivity contribution is -0.113. The number of para-hydroxylation sites is 2. The summed E-state index contributed by atoms with van der Waals surface area (Å²) in [6.07, 6.45) is 1.72.